The average Bonchev–Trinajstić information content (AvgIpc) is 2.69. The lowest BCUT2D eigenvalue weighted by atomic mass is 9.85. The lowest BCUT2D eigenvalue weighted by molar-refractivity contribution is -0.132. The van der Waals surface area contributed by atoms with Gasteiger partial charge in [0.25, 0.3) is 0 Å². The average molecular weight is 439 g/mol. The summed E-state index contributed by atoms with van der Waals surface area (Å²) in [6.07, 6.45) is 7.46. The number of esters is 2. The Kier molecular flexibility index (Phi) is 7.01. The van der Waals surface area contributed by atoms with E-state index < -0.39 is 11.9 Å². The number of halogens is 1. The number of hydrogen-bond donors (Lipinski definition) is 0. The van der Waals surface area contributed by atoms with E-state index in [2.05, 4.69) is 32.6 Å². The van der Waals surface area contributed by atoms with Crippen LogP contribution in [0.5, 0.6) is 11.5 Å². The fourth-order valence-electron chi connectivity index (χ4n) is 3.74. The summed E-state index contributed by atoms with van der Waals surface area (Å²) in [5, 5.41) is 1.83. The zero-order chi connectivity index (χ0) is 22.7. The van der Waals surface area contributed by atoms with Gasteiger partial charge in [-0.15, -0.1) is 0 Å². The highest BCUT2D eigenvalue weighted by atomic mass is 35.5. The molecule has 4 nitrogen and oxygen atoms in total. The van der Waals surface area contributed by atoms with E-state index >= 15 is 0 Å². The van der Waals surface area contributed by atoms with Crippen LogP contribution in [0.1, 0.15) is 51.7 Å². The molecule has 0 amide bonds. The van der Waals surface area contributed by atoms with Crippen molar-refractivity contribution in [2.75, 3.05) is 0 Å². The highest BCUT2D eigenvalue weighted by Gasteiger charge is 2.26. The maximum Gasteiger partial charge on any atom is 0.338 e. The van der Waals surface area contributed by atoms with Crippen LogP contribution in [0.15, 0.2) is 53.6 Å². The van der Waals surface area contributed by atoms with Crippen molar-refractivity contribution in [3.63, 3.8) is 0 Å². The van der Waals surface area contributed by atoms with E-state index in [0.29, 0.717) is 45.7 Å². The Morgan fingerprint density at radius 3 is 2.42 bits per heavy atom. The number of benzene rings is 2. The van der Waals surface area contributed by atoms with Crippen molar-refractivity contribution in [1.82, 2.24) is 0 Å². The minimum Gasteiger partial charge on any atom is -0.426 e. The molecular formula is C26H27ClO4. The molecule has 5 heteroatoms. The molecule has 1 aliphatic rings. The molecule has 31 heavy (non-hydrogen) atoms. The van der Waals surface area contributed by atoms with Crippen LogP contribution < -0.4 is 9.47 Å². The van der Waals surface area contributed by atoms with Gasteiger partial charge in [-0.2, -0.15) is 0 Å². The fourth-order valence-corrected chi connectivity index (χ4v) is 3.92. The Morgan fingerprint density at radius 1 is 1.06 bits per heavy atom. The Labute approximate surface area is 188 Å². The molecule has 0 heterocycles. The first-order valence-corrected chi connectivity index (χ1v) is 10.7. The number of hydrogen-bond acceptors (Lipinski definition) is 4. The van der Waals surface area contributed by atoms with E-state index in [1.165, 1.54) is 18.1 Å². The van der Waals surface area contributed by atoms with E-state index in [-0.39, 0.29) is 0 Å². The van der Waals surface area contributed by atoms with E-state index in [1.54, 1.807) is 25.1 Å². The van der Waals surface area contributed by atoms with Gasteiger partial charge in [-0.1, -0.05) is 41.5 Å². The molecule has 1 aliphatic carbocycles. The van der Waals surface area contributed by atoms with Gasteiger partial charge in [0.1, 0.15) is 11.5 Å². The molecule has 0 atom stereocenters. The van der Waals surface area contributed by atoms with Gasteiger partial charge in [0.15, 0.2) is 0 Å². The highest BCUT2D eigenvalue weighted by molar-refractivity contribution is 6.31. The maximum atomic E-state index is 12.4. The summed E-state index contributed by atoms with van der Waals surface area (Å²) in [5.74, 6) is 0.0703. The monoisotopic (exact) mass is 438 g/mol. The first kappa shape index (κ1) is 22.8. The van der Waals surface area contributed by atoms with Gasteiger partial charge in [0.05, 0.1) is 0 Å². The summed E-state index contributed by atoms with van der Waals surface area (Å²) in [4.78, 5) is 24.3. The van der Waals surface area contributed by atoms with Crippen LogP contribution in [0, 0.1) is 0 Å². The number of carbonyl (C=O) groups excluding carboxylic acids is 2. The predicted octanol–water partition coefficient (Wildman–Crippen LogP) is 6.67. The minimum absolute atomic E-state index is 0.315. The normalized spacial score (nSPS) is 12.6. The highest BCUT2D eigenvalue weighted by Crippen LogP contribution is 2.45. The Balaban J connectivity index is 2.18. The number of rotatable bonds is 6. The zero-order valence-corrected chi connectivity index (χ0v) is 19.2. The summed E-state index contributed by atoms with van der Waals surface area (Å²) >= 11 is 6.25. The summed E-state index contributed by atoms with van der Waals surface area (Å²) in [5.41, 5.74) is 4.58. The summed E-state index contributed by atoms with van der Waals surface area (Å²) < 4.78 is 11.5. The van der Waals surface area contributed by atoms with Gasteiger partial charge >= 0.3 is 11.9 Å². The molecule has 0 aromatic heterocycles. The van der Waals surface area contributed by atoms with Crippen LogP contribution in [0.3, 0.4) is 0 Å². The molecule has 3 rings (SSSR count). The lowest BCUT2D eigenvalue weighted by Gasteiger charge is -2.25. The van der Waals surface area contributed by atoms with Gasteiger partial charge < -0.3 is 9.47 Å². The molecule has 0 N–H and O–H groups in total. The van der Waals surface area contributed by atoms with E-state index in [1.807, 2.05) is 0 Å². The molecule has 0 radical (unpaired) electrons. The van der Waals surface area contributed by atoms with Crippen molar-refractivity contribution in [2.45, 2.75) is 53.4 Å². The number of carbonyl (C=O) groups is 2. The zero-order valence-electron chi connectivity index (χ0n) is 18.4. The van der Waals surface area contributed by atoms with E-state index in [9.17, 15) is 9.59 Å². The predicted molar refractivity (Wildman–Crippen MR) is 125 cm³/mol. The van der Waals surface area contributed by atoms with Gasteiger partial charge in [0.2, 0.25) is 0 Å². The maximum absolute atomic E-state index is 12.4. The minimum atomic E-state index is -0.487. The molecule has 0 spiro atoms. The summed E-state index contributed by atoms with van der Waals surface area (Å²) in [6.45, 7) is 10.9. The van der Waals surface area contributed by atoms with Crippen molar-refractivity contribution in [3.05, 3.63) is 69.8 Å². The Morgan fingerprint density at radius 2 is 1.77 bits per heavy atom. The second kappa shape index (κ2) is 9.52. The van der Waals surface area contributed by atoms with Crippen LogP contribution in [0.25, 0.3) is 10.8 Å². The molecule has 2 aromatic rings. The van der Waals surface area contributed by atoms with Crippen LogP contribution in [-0.4, -0.2) is 11.9 Å². The topological polar surface area (TPSA) is 52.6 Å². The number of allylic oxidation sites excluding steroid dienone is 4. The molecule has 162 valence electrons. The summed E-state index contributed by atoms with van der Waals surface area (Å²) in [6, 6.07) is 5.27. The Hall–Kier alpha value is -2.85. The summed E-state index contributed by atoms with van der Waals surface area (Å²) in [7, 11) is 0. The van der Waals surface area contributed by atoms with Gasteiger partial charge in [-0.05, 0) is 64.7 Å². The number of ether oxygens (including phenoxy) is 2. The van der Waals surface area contributed by atoms with Crippen molar-refractivity contribution in [1.29, 1.82) is 0 Å². The van der Waals surface area contributed by atoms with Gasteiger partial charge in [0, 0.05) is 39.4 Å². The Bertz CT molecular complexity index is 1130. The van der Waals surface area contributed by atoms with Gasteiger partial charge in [-0.25, -0.2) is 4.79 Å². The van der Waals surface area contributed by atoms with Crippen LogP contribution >= 0.6 is 11.6 Å². The molecule has 0 saturated carbocycles. The first-order valence-electron chi connectivity index (χ1n) is 10.3. The third-order valence-corrected chi connectivity index (χ3v) is 5.42. The lowest BCUT2D eigenvalue weighted by Crippen LogP contribution is -2.15. The second-order valence-electron chi connectivity index (χ2n) is 8.13. The molecule has 0 unspecified atom stereocenters. The molecule has 0 bridgehead atoms. The largest absolute Gasteiger partial charge is 0.426 e. The van der Waals surface area contributed by atoms with Crippen molar-refractivity contribution in [2.24, 2.45) is 0 Å². The molecule has 0 saturated heterocycles. The van der Waals surface area contributed by atoms with E-state index in [4.69, 9.17) is 21.1 Å². The molecule has 2 aromatic carbocycles. The van der Waals surface area contributed by atoms with E-state index in [0.717, 1.165) is 24.0 Å². The number of fused-ring (bicyclic) bond motifs is 2. The molecular weight excluding hydrogens is 412 g/mol. The SMILES string of the molecule is C=C(C)C(=O)Oc1c2c(c(OC(C)=O)c3cc(Cl)ccc13)CC=C(CCC=C(C)C)C2. The molecule has 0 aliphatic heterocycles. The quantitative estimate of drug-likeness (QED) is 0.218. The smallest absolute Gasteiger partial charge is 0.338 e. The fraction of sp³-hybridized carbons (Fsp3) is 0.308. The van der Waals surface area contributed by atoms with Crippen LogP contribution in [0.4, 0.5) is 0 Å². The third-order valence-electron chi connectivity index (χ3n) is 5.19. The standard InChI is InChI=1S/C26H27ClO4/c1-15(2)7-6-8-18-9-11-20-22(13-18)25(31-26(29)16(3)4)21-12-10-19(27)14-23(21)24(20)30-17(5)28/h7,9-10,12,14H,3,6,8,11,13H2,1-2,4-5H3. The van der Waals surface area contributed by atoms with Crippen molar-refractivity contribution < 1.29 is 19.1 Å². The van der Waals surface area contributed by atoms with Crippen molar-refractivity contribution in [3.8, 4) is 11.5 Å². The first-order chi connectivity index (χ1) is 14.7. The second-order valence-corrected chi connectivity index (χ2v) is 8.57. The van der Waals surface area contributed by atoms with Crippen LogP contribution in [0.2, 0.25) is 5.02 Å². The third kappa shape index (κ3) is 5.26. The van der Waals surface area contributed by atoms with Gasteiger partial charge in [-0.3, -0.25) is 4.79 Å². The van der Waals surface area contributed by atoms with Crippen molar-refractivity contribution >= 4 is 34.3 Å². The van der Waals surface area contributed by atoms with Crippen LogP contribution in [-0.2, 0) is 22.4 Å². The molecule has 0 fully saturated rings.